The van der Waals surface area contributed by atoms with Gasteiger partial charge in [-0.1, -0.05) is 6.42 Å². The number of ether oxygens (including phenoxy) is 2. The van der Waals surface area contributed by atoms with Crippen LogP contribution in [0.2, 0.25) is 0 Å². The predicted molar refractivity (Wildman–Crippen MR) is 81.3 cm³/mol. The highest BCUT2D eigenvalue weighted by Gasteiger charge is 2.25. The highest BCUT2D eigenvalue weighted by atomic mass is 16.5. The minimum Gasteiger partial charge on any atom is -0.497 e. The second-order valence-electron chi connectivity index (χ2n) is 5.51. The van der Waals surface area contributed by atoms with Gasteiger partial charge < -0.3 is 20.5 Å². The summed E-state index contributed by atoms with van der Waals surface area (Å²) < 4.78 is 10.5. The SMILES string of the molecule is COc1ccc(OC)c(CNC(=O)C[C@@H]2CCC[C@H]2N)c1. The number of benzene rings is 1. The number of nitrogens with one attached hydrogen (secondary N) is 1. The number of rotatable bonds is 6. The standard InChI is InChI=1S/C16H24N2O3/c1-20-13-6-7-15(21-2)12(8-13)10-18-16(19)9-11-4-3-5-14(11)17/h6-8,11,14H,3-5,9-10,17H2,1-2H3,(H,18,19)/t11-,14+/m0/s1. The van der Waals surface area contributed by atoms with Gasteiger partial charge in [0.1, 0.15) is 11.5 Å². The molecule has 1 saturated carbocycles. The van der Waals surface area contributed by atoms with Crippen molar-refractivity contribution in [2.45, 2.75) is 38.3 Å². The highest BCUT2D eigenvalue weighted by molar-refractivity contribution is 5.76. The van der Waals surface area contributed by atoms with Crippen molar-refractivity contribution >= 4 is 5.91 Å². The molecule has 0 saturated heterocycles. The molecule has 0 aromatic heterocycles. The molecule has 0 spiro atoms. The Kier molecular flexibility index (Phi) is 5.44. The molecule has 5 heteroatoms. The van der Waals surface area contributed by atoms with E-state index in [1.807, 2.05) is 18.2 Å². The van der Waals surface area contributed by atoms with Crippen molar-refractivity contribution in [1.29, 1.82) is 0 Å². The fraction of sp³-hybridized carbons (Fsp3) is 0.562. The first-order chi connectivity index (χ1) is 10.1. The van der Waals surface area contributed by atoms with Crippen molar-refractivity contribution in [3.63, 3.8) is 0 Å². The average molecular weight is 292 g/mol. The molecule has 1 aromatic rings. The third-order valence-electron chi connectivity index (χ3n) is 4.13. The number of methoxy groups -OCH3 is 2. The molecule has 2 atom stereocenters. The van der Waals surface area contributed by atoms with Crippen molar-refractivity contribution < 1.29 is 14.3 Å². The number of carbonyl (C=O) groups is 1. The summed E-state index contributed by atoms with van der Waals surface area (Å²) in [5.41, 5.74) is 6.91. The van der Waals surface area contributed by atoms with E-state index in [1.165, 1.54) is 0 Å². The Hall–Kier alpha value is -1.75. The average Bonchev–Trinajstić information content (AvgIpc) is 2.90. The minimum atomic E-state index is 0.0437. The molecule has 0 unspecified atom stereocenters. The van der Waals surface area contributed by atoms with E-state index in [-0.39, 0.29) is 11.9 Å². The van der Waals surface area contributed by atoms with Gasteiger partial charge in [0.25, 0.3) is 0 Å². The topological polar surface area (TPSA) is 73.6 Å². The molecule has 1 amide bonds. The molecule has 116 valence electrons. The molecular formula is C16H24N2O3. The Balaban J connectivity index is 1.91. The van der Waals surface area contributed by atoms with Crippen molar-refractivity contribution in [1.82, 2.24) is 5.32 Å². The maximum atomic E-state index is 12.0. The van der Waals surface area contributed by atoms with Crippen LogP contribution in [0, 0.1) is 5.92 Å². The fourth-order valence-electron chi connectivity index (χ4n) is 2.84. The minimum absolute atomic E-state index is 0.0437. The predicted octanol–water partition coefficient (Wildman–Crippen LogP) is 1.84. The van der Waals surface area contributed by atoms with Crippen LogP contribution in [0.3, 0.4) is 0 Å². The van der Waals surface area contributed by atoms with Gasteiger partial charge in [0.05, 0.1) is 14.2 Å². The second-order valence-corrected chi connectivity index (χ2v) is 5.51. The van der Waals surface area contributed by atoms with Crippen LogP contribution in [-0.2, 0) is 11.3 Å². The maximum Gasteiger partial charge on any atom is 0.220 e. The summed E-state index contributed by atoms with van der Waals surface area (Å²) in [7, 11) is 3.23. The maximum absolute atomic E-state index is 12.0. The van der Waals surface area contributed by atoms with E-state index in [0.29, 0.717) is 18.9 Å². The first-order valence-corrected chi connectivity index (χ1v) is 7.37. The number of hydrogen-bond acceptors (Lipinski definition) is 4. The number of amides is 1. The van der Waals surface area contributed by atoms with Crippen molar-refractivity contribution in [3.05, 3.63) is 23.8 Å². The molecule has 5 nitrogen and oxygen atoms in total. The van der Waals surface area contributed by atoms with Gasteiger partial charge in [-0.15, -0.1) is 0 Å². The molecule has 0 heterocycles. The van der Waals surface area contributed by atoms with Crippen LogP contribution in [0.15, 0.2) is 18.2 Å². The summed E-state index contributed by atoms with van der Waals surface area (Å²) in [5.74, 6) is 1.85. The van der Waals surface area contributed by atoms with Crippen molar-refractivity contribution in [2.24, 2.45) is 11.7 Å². The zero-order valence-corrected chi connectivity index (χ0v) is 12.7. The van der Waals surface area contributed by atoms with E-state index >= 15 is 0 Å². The lowest BCUT2D eigenvalue weighted by molar-refractivity contribution is -0.122. The molecule has 1 aliphatic carbocycles. The molecular weight excluding hydrogens is 268 g/mol. The Morgan fingerprint density at radius 3 is 2.76 bits per heavy atom. The Bertz CT molecular complexity index is 490. The summed E-state index contributed by atoms with van der Waals surface area (Å²) in [4.78, 5) is 12.0. The van der Waals surface area contributed by atoms with Gasteiger partial charge in [-0.05, 0) is 37.0 Å². The lowest BCUT2D eigenvalue weighted by Crippen LogP contribution is -2.31. The summed E-state index contributed by atoms with van der Waals surface area (Å²) in [6.07, 6.45) is 3.72. The van der Waals surface area contributed by atoms with Gasteiger partial charge in [-0.3, -0.25) is 4.79 Å². The molecule has 0 aliphatic heterocycles. The van der Waals surface area contributed by atoms with E-state index in [1.54, 1.807) is 14.2 Å². The number of hydrogen-bond donors (Lipinski definition) is 2. The zero-order chi connectivity index (χ0) is 15.2. The van der Waals surface area contributed by atoms with E-state index in [0.717, 1.165) is 36.3 Å². The molecule has 3 N–H and O–H groups in total. The monoisotopic (exact) mass is 292 g/mol. The number of nitrogens with two attached hydrogens (primary N) is 1. The molecule has 1 fully saturated rings. The van der Waals surface area contributed by atoms with Gasteiger partial charge in [-0.25, -0.2) is 0 Å². The van der Waals surface area contributed by atoms with Gasteiger partial charge in [0.2, 0.25) is 5.91 Å². The molecule has 2 rings (SSSR count). The number of carbonyl (C=O) groups excluding carboxylic acids is 1. The molecule has 1 aromatic carbocycles. The van der Waals surface area contributed by atoms with Crippen LogP contribution >= 0.6 is 0 Å². The quantitative estimate of drug-likeness (QED) is 0.839. The molecule has 1 aliphatic rings. The van der Waals surface area contributed by atoms with Crippen LogP contribution in [0.5, 0.6) is 11.5 Å². The summed E-state index contributed by atoms with van der Waals surface area (Å²) in [6.45, 7) is 0.432. The third kappa shape index (κ3) is 4.11. The first kappa shape index (κ1) is 15.6. The fourth-order valence-corrected chi connectivity index (χ4v) is 2.84. The summed E-state index contributed by atoms with van der Waals surface area (Å²) in [5, 5.41) is 2.94. The lowest BCUT2D eigenvalue weighted by atomic mass is 10.00. The van der Waals surface area contributed by atoms with Crippen LogP contribution in [0.25, 0.3) is 0 Å². The highest BCUT2D eigenvalue weighted by Crippen LogP contribution is 2.27. The normalized spacial score (nSPS) is 21.1. The van der Waals surface area contributed by atoms with Crippen LogP contribution in [0.4, 0.5) is 0 Å². The van der Waals surface area contributed by atoms with Gasteiger partial charge in [-0.2, -0.15) is 0 Å². The zero-order valence-electron chi connectivity index (χ0n) is 12.7. The Morgan fingerprint density at radius 1 is 1.33 bits per heavy atom. The summed E-state index contributed by atoms with van der Waals surface area (Å²) in [6, 6.07) is 5.72. The largest absolute Gasteiger partial charge is 0.497 e. The molecule has 0 bridgehead atoms. The molecule has 21 heavy (non-hydrogen) atoms. The summed E-state index contributed by atoms with van der Waals surface area (Å²) >= 11 is 0. The van der Waals surface area contributed by atoms with E-state index < -0.39 is 0 Å². The van der Waals surface area contributed by atoms with E-state index in [9.17, 15) is 4.79 Å². The van der Waals surface area contributed by atoms with Crippen LogP contribution < -0.4 is 20.5 Å². The van der Waals surface area contributed by atoms with Crippen molar-refractivity contribution in [2.75, 3.05) is 14.2 Å². The third-order valence-corrected chi connectivity index (χ3v) is 4.13. The Morgan fingerprint density at radius 2 is 2.14 bits per heavy atom. The Labute approximate surface area is 125 Å². The van der Waals surface area contributed by atoms with Gasteiger partial charge in [0, 0.05) is 24.6 Å². The van der Waals surface area contributed by atoms with Crippen LogP contribution in [0.1, 0.15) is 31.2 Å². The second kappa shape index (κ2) is 7.31. The van der Waals surface area contributed by atoms with Crippen LogP contribution in [-0.4, -0.2) is 26.2 Å². The first-order valence-electron chi connectivity index (χ1n) is 7.37. The molecule has 0 radical (unpaired) electrons. The lowest BCUT2D eigenvalue weighted by Gasteiger charge is -2.15. The van der Waals surface area contributed by atoms with Crippen molar-refractivity contribution in [3.8, 4) is 11.5 Å². The van der Waals surface area contributed by atoms with Gasteiger partial charge in [0.15, 0.2) is 0 Å². The van der Waals surface area contributed by atoms with E-state index in [4.69, 9.17) is 15.2 Å². The smallest absolute Gasteiger partial charge is 0.220 e. The van der Waals surface area contributed by atoms with E-state index in [2.05, 4.69) is 5.32 Å². The van der Waals surface area contributed by atoms with Gasteiger partial charge >= 0.3 is 0 Å².